The summed E-state index contributed by atoms with van der Waals surface area (Å²) in [6.07, 6.45) is 2.06. The predicted molar refractivity (Wildman–Crippen MR) is 132 cm³/mol. The Morgan fingerprint density at radius 1 is 0.938 bits per heavy atom. The van der Waals surface area contributed by atoms with Crippen molar-refractivity contribution < 1.29 is 9.59 Å². The molecule has 1 N–H and O–H groups in total. The van der Waals surface area contributed by atoms with Gasteiger partial charge < -0.3 is 15.1 Å². The lowest BCUT2D eigenvalue weighted by Gasteiger charge is -2.37. The average Bonchev–Trinajstić information content (AvgIpc) is 2.73. The molecule has 1 unspecified atom stereocenters. The van der Waals surface area contributed by atoms with E-state index in [1.54, 1.807) is 0 Å². The fourth-order valence-electron chi connectivity index (χ4n) is 4.50. The molecule has 5 nitrogen and oxygen atoms in total. The van der Waals surface area contributed by atoms with Crippen LogP contribution in [0.5, 0.6) is 0 Å². The first-order valence-electron chi connectivity index (χ1n) is 11.7. The van der Waals surface area contributed by atoms with Crippen molar-refractivity contribution >= 4 is 23.2 Å². The molecule has 1 atom stereocenters. The first kappa shape index (κ1) is 23.8. The Labute approximate surface area is 192 Å². The fourth-order valence-corrected chi connectivity index (χ4v) is 4.50. The second kappa shape index (κ2) is 10.7. The van der Waals surface area contributed by atoms with Crippen molar-refractivity contribution in [1.82, 2.24) is 4.90 Å². The quantitative estimate of drug-likeness (QED) is 0.667. The topological polar surface area (TPSA) is 52.7 Å². The van der Waals surface area contributed by atoms with Crippen molar-refractivity contribution in [3.8, 4) is 0 Å². The van der Waals surface area contributed by atoms with E-state index in [0.29, 0.717) is 18.8 Å². The third-order valence-corrected chi connectivity index (χ3v) is 5.84. The van der Waals surface area contributed by atoms with Gasteiger partial charge in [-0.3, -0.25) is 9.59 Å². The van der Waals surface area contributed by atoms with Gasteiger partial charge in [0.2, 0.25) is 11.8 Å². The van der Waals surface area contributed by atoms with Crippen molar-refractivity contribution in [3.63, 3.8) is 0 Å². The van der Waals surface area contributed by atoms with Gasteiger partial charge in [0.15, 0.2) is 0 Å². The van der Waals surface area contributed by atoms with Crippen LogP contribution in [0.4, 0.5) is 11.4 Å². The third-order valence-electron chi connectivity index (χ3n) is 5.84. The fraction of sp³-hybridized carbons (Fsp3) is 0.481. The van der Waals surface area contributed by atoms with E-state index in [2.05, 4.69) is 37.9 Å². The van der Waals surface area contributed by atoms with E-state index >= 15 is 0 Å². The molecule has 0 saturated carbocycles. The van der Waals surface area contributed by atoms with Crippen LogP contribution in [0, 0.1) is 11.3 Å². The van der Waals surface area contributed by atoms with Gasteiger partial charge >= 0.3 is 0 Å². The van der Waals surface area contributed by atoms with Crippen LogP contribution in [0.15, 0.2) is 54.6 Å². The van der Waals surface area contributed by atoms with E-state index < -0.39 is 0 Å². The highest BCUT2D eigenvalue weighted by atomic mass is 16.2. The molecule has 0 bridgehead atoms. The lowest BCUT2D eigenvalue weighted by molar-refractivity contribution is -0.132. The summed E-state index contributed by atoms with van der Waals surface area (Å²) in [5, 5.41) is 2.97. The Hall–Kier alpha value is -2.82. The maximum atomic E-state index is 12.7. The minimum atomic E-state index is -0.0169. The van der Waals surface area contributed by atoms with E-state index in [9.17, 15) is 9.59 Å². The van der Waals surface area contributed by atoms with Gasteiger partial charge in [0.25, 0.3) is 0 Å². The maximum absolute atomic E-state index is 12.7. The number of rotatable bonds is 7. The summed E-state index contributed by atoms with van der Waals surface area (Å²) in [6.45, 7) is 12.1. The summed E-state index contributed by atoms with van der Waals surface area (Å²) in [4.78, 5) is 29.3. The zero-order chi connectivity index (χ0) is 23.1. The first-order valence-corrected chi connectivity index (χ1v) is 11.7. The van der Waals surface area contributed by atoms with Gasteiger partial charge in [0.1, 0.15) is 0 Å². The molecule has 2 aromatic rings. The second-order valence-electron chi connectivity index (χ2n) is 10.2. The van der Waals surface area contributed by atoms with Gasteiger partial charge in [-0.25, -0.2) is 0 Å². The van der Waals surface area contributed by atoms with E-state index in [4.69, 9.17) is 0 Å². The monoisotopic (exact) mass is 435 g/mol. The Morgan fingerprint density at radius 2 is 1.56 bits per heavy atom. The molecule has 1 saturated heterocycles. The smallest absolute Gasteiger partial charge is 0.228 e. The van der Waals surface area contributed by atoms with Crippen molar-refractivity contribution in [3.05, 3.63) is 60.2 Å². The molecule has 0 aliphatic carbocycles. The highest BCUT2D eigenvalue weighted by Crippen LogP contribution is 2.27. The lowest BCUT2D eigenvalue weighted by atomic mass is 9.84. The SMILES string of the molecule is CC(CC(=O)N1CCN(c2ccc(NC(=O)Cc3ccccc3)cc2)CC1)CC(C)(C)C. The highest BCUT2D eigenvalue weighted by molar-refractivity contribution is 5.92. The summed E-state index contributed by atoms with van der Waals surface area (Å²) >= 11 is 0. The van der Waals surface area contributed by atoms with Gasteiger partial charge in [0, 0.05) is 44.0 Å². The largest absolute Gasteiger partial charge is 0.368 e. The molecular weight excluding hydrogens is 398 g/mol. The molecule has 5 heteroatoms. The van der Waals surface area contributed by atoms with Crippen LogP contribution in [-0.2, 0) is 16.0 Å². The molecule has 1 aliphatic rings. The molecule has 2 aromatic carbocycles. The molecule has 1 fully saturated rings. The van der Waals surface area contributed by atoms with Crippen LogP contribution in [0.25, 0.3) is 0 Å². The Kier molecular flexibility index (Phi) is 7.94. The summed E-state index contributed by atoms with van der Waals surface area (Å²) in [5.74, 6) is 0.666. The van der Waals surface area contributed by atoms with Crippen molar-refractivity contribution in [2.45, 2.75) is 47.0 Å². The van der Waals surface area contributed by atoms with E-state index in [0.717, 1.165) is 49.5 Å². The molecule has 1 heterocycles. The van der Waals surface area contributed by atoms with Crippen molar-refractivity contribution in [2.24, 2.45) is 11.3 Å². The lowest BCUT2D eigenvalue weighted by Crippen LogP contribution is -2.49. The zero-order valence-corrected chi connectivity index (χ0v) is 19.9. The Bertz CT molecular complexity index is 879. The third kappa shape index (κ3) is 7.40. The Morgan fingerprint density at radius 3 is 2.16 bits per heavy atom. The molecule has 172 valence electrons. The maximum Gasteiger partial charge on any atom is 0.228 e. The molecule has 3 rings (SSSR count). The summed E-state index contributed by atoms with van der Waals surface area (Å²) in [5.41, 5.74) is 3.18. The van der Waals surface area contributed by atoms with Crippen LogP contribution in [-0.4, -0.2) is 42.9 Å². The van der Waals surface area contributed by atoms with Crippen LogP contribution >= 0.6 is 0 Å². The van der Waals surface area contributed by atoms with Gasteiger partial charge in [-0.05, 0) is 47.6 Å². The van der Waals surface area contributed by atoms with Gasteiger partial charge in [-0.2, -0.15) is 0 Å². The predicted octanol–water partition coefficient (Wildman–Crippen LogP) is 4.98. The number of amides is 2. The number of carbonyl (C=O) groups excluding carboxylic acids is 2. The molecule has 0 aromatic heterocycles. The minimum Gasteiger partial charge on any atom is -0.368 e. The summed E-state index contributed by atoms with van der Waals surface area (Å²) in [6, 6.07) is 17.7. The second-order valence-corrected chi connectivity index (χ2v) is 10.2. The van der Waals surface area contributed by atoms with Crippen LogP contribution in [0.2, 0.25) is 0 Å². The van der Waals surface area contributed by atoms with Gasteiger partial charge in [0.05, 0.1) is 6.42 Å². The number of piperazine rings is 1. The average molecular weight is 436 g/mol. The standard InChI is InChI=1S/C27H37N3O2/c1-21(20-27(2,3)4)18-26(32)30-16-14-29(15-17-30)24-12-10-23(11-13-24)28-25(31)19-22-8-6-5-7-9-22/h5-13,21H,14-20H2,1-4H3,(H,28,31). The molecule has 0 radical (unpaired) electrons. The Balaban J connectivity index is 1.45. The van der Waals surface area contributed by atoms with E-state index in [-0.39, 0.29) is 17.2 Å². The summed E-state index contributed by atoms with van der Waals surface area (Å²) < 4.78 is 0. The highest BCUT2D eigenvalue weighted by Gasteiger charge is 2.24. The number of nitrogens with zero attached hydrogens (tertiary/aromatic N) is 2. The number of hydrogen-bond acceptors (Lipinski definition) is 3. The number of anilines is 2. The van der Waals surface area contributed by atoms with Gasteiger partial charge in [-0.1, -0.05) is 58.0 Å². The number of nitrogens with one attached hydrogen (secondary N) is 1. The number of benzene rings is 2. The number of carbonyl (C=O) groups is 2. The van der Waals surface area contributed by atoms with Crippen LogP contribution < -0.4 is 10.2 Å². The number of hydrogen-bond donors (Lipinski definition) is 1. The zero-order valence-electron chi connectivity index (χ0n) is 19.9. The molecule has 0 spiro atoms. The van der Waals surface area contributed by atoms with E-state index in [1.807, 2.05) is 59.5 Å². The molecule has 2 amide bonds. The molecule has 1 aliphatic heterocycles. The molecule has 32 heavy (non-hydrogen) atoms. The van der Waals surface area contributed by atoms with Crippen LogP contribution in [0.3, 0.4) is 0 Å². The van der Waals surface area contributed by atoms with Crippen molar-refractivity contribution in [2.75, 3.05) is 36.4 Å². The van der Waals surface area contributed by atoms with Crippen molar-refractivity contribution in [1.29, 1.82) is 0 Å². The van der Waals surface area contributed by atoms with E-state index in [1.165, 1.54) is 0 Å². The normalized spacial score (nSPS) is 15.4. The first-order chi connectivity index (χ1) is 15.2. The molecular formula is C27H37N3O2. The van der Waals surface area contributed by atoms with Gasteiger partial charge in [-0.15, -0.1) is 0 Å². The summed E-state index contributed by atoms with van der Waals surface area (Å²) in [7, 11) is 0. The van der Waals surface area contributed by atoms with Crippen LogP contribution in [0.1, 0.15) is 46.1 Å². The minimum absolute atomic E-state index is 0.0169.